The van der Waals surface area contributed by atoms with Gasteiger partial charge in [0.05, 0.1) is 17.5 Å². The number of esters is 1. The molecule has 190 valence electrons. The highest BCUT2D eigenvalue weighted by Gasteiger charge is 2.52. The summed E-state index contributed by atoms with van der Waals surface area (Å²) in [6.07, 6.45) is 5.09. The van der Waals surface area contributed by atoms with Crippen LogP contribution in [-0.4, -0.2) is 64.7 Å². The van der Waals surface area contributed by atoms with E-state index in [1.165, 1.54) is 23.4 Å². The third kappa shape index (κ3) is 4.04. The van der Waals surface area contributed by atoms with E-state index in [1.54, 1.807) is 69.4 Å². The van der Waals surface area contributed by atoms with Gasteiger partial charge >= 0.3 is 5.97 Å². The Labute approximate surface area is 214 Å². The van der Waals surface area contributed by atoms with Crippen LogP contribution in [0.5, 0.6) is 0 Å². The van der Waals surface area contributed by atoms with Gasteiger partial charge in [0.2, 0.25) is 5.91 Å². The Morgan fingerprint density at radius 3 is 2.54 bits per heavy atom. The summed E-state index contributed by atoms with van der Waals surface area (Å²) in [5, 5.41) is 0. The van der Waals surface area contributed by atoms with Crippen molar-refractivity contribution in [1.82, 2.24) is 19.8 Å². The maximum absolute atomic E-state index is 15.4. The molecule has 1 atom stereocenters. The predicted octanol–water partition coefficient (Wildman–Crippen LogP) is 3.56. The van der Waals surface area contributed by atoms with Crippen LogP contribution in [-0.2, 0) is 20.5 Å². The van der Waals surface area contributed by atoms with Crippen molar-refractivity contribution < 1.29 is 23.5 Å². The van der Waals surface area contributed by atoms with Crippen LogP contribution in [0.1, 0.15) is 52.2 Å². The Kier molecular flexibility index (Phi) is 5.81. The van der Waals surface area contributed by atoms with E-state index in [1.807, 2.05) is 0 Å². The average molecular weight is 503 g/mol. The number of pyridine rings is 2. The summed E-state index contributed by atoms with van der Waals surface area (Å²) in [4.78, 5) is 49.3. The molecule has 37 heavy (non-hydrogen) atoms. The van der Waals surface area contributed by atoms with Gasteiger partial charge in [-0.25, -0.2) is 9.18 Å². The van der Waals surface area contributed by atoms with Crippen LogP contribution in [0.2, 0.25) is 0 Å². The summed E-state index contributed by atoms with van der Waals surface area (Å²) in [5.74, 6) is -1.42. The van der Waals surface area contributed by atoms with Crippen LogP contribution in [0.25, 0.3) is 11.1 Å². The predicted molar refractivity (Wildman–Crippen MR) is 133 cm³/mol. The molecule has 0 aliphatic carbocycles. The number of aromatic nitrogens is 2. The molecular weight excluding hydrogens is 475 g/mol. The fourth-order valence-electron chi connectivity index (χ4n) is 5.13. The first-order valence-corrected chi connectivity index (χ1v) is 12.0. The zero-order valence-corrected chi connectivity index (χ0v) is 21.1. The van der Waals surface area contributed by atoms with Crippen molar-refractivity contribution in [2.45, 2.75) is 31.3 Å². The minimum Gasteiger partial charge on any atom is -0.449 e. The Morgan fingerprint density at radius 1 is 1.11 bits per heavy atom. The number of carbonyl (C=O) groups is 3. The number of likely N-dealkylation sites (tertiary alicyclic amines) is 1. The third-order valence-electron chi connectivity index (χ3n) is 7.24. The highest BCUT2D eigenvalue weighted by atomic mass is 19.1. The number of nitrogens with zero attached hydrogens (tertiary/aromatic N) is 4. The fourth-order valence-corrected chi connectivity index (χ4v) is 5.13. The number of ether oxygens (including phenoxy) is 1. The zero-order valence-electron chi connectivity index (χ0n) is 21.1. The smallest absolute Gasteiger partial charge is 0.341 e. The van der Waals surface area contributed by atoms with E-state index in [2.05, 4.69) is 9.97 Å². The molecule has 8 nitrogen and oxygen atoms in total. The Balaban J connectivity index is 1.36. The second-order valence-electron chi connectivity index (χ2n) is 10.2. The minimum atomic E-state index is -1.15. The topological polar surface area (TPSA) is 92.7 Å². The number of carbonyl (C=O) groups excluding carboxylic acids is 3. The summed E-state index contributed by atoms with van der Waals surface area (Å²) >= 11 is 0. The number of rotatable bonds is 4. The molecule has 0 saturated carbocycles. The van der Waals surface area contributed by atoms with E-state index in [4.69, 9.17) is 4.74 Å². The minimum absolute atomic E-state index is 0.210. The van der Waals surface area contributed by atoms with Crippen molar-refractivity contribution in [3.05, 3.63) is 83.2 Å². The van der Waals surface area contributed by atoms with E-state index < -0.39 is 22.8 Å². The van der Waals surface area contributed by atoms with E-state index in [0.717, 1.165) is 5.56 Å². The molecule has 5 rings (SSSR count). The van der Waals surface area contributed by atoms with Gasteiger partial charge in [-0.1, -0.05) is 18.2 Å². The molecule has 2 amide bonds. The van der Waals surface area contributed by atoms with Crippen molar-refractivity contribution in [2.24, 2.45) is 0 Å². The SMILES string of the molecule is CN(C)C(=O)c1ccc(-c2ccc(C(C)(C)C(=O)N3CC[C@@]4(C3)OC(=O)c3cnccc34)c(F)c2)cn1. The third-order valence-corrected chi connectivity index (χ3v) is 7.24. The average Bonchev–Trinajstić information content (AvgIpc) is 3.43. The van der Waals surface area contributed by atoms with Crippen molar-refractivity contribution in [1.29, 1.82) is 0 Å². The summed E-state index contributed by atoms with van der Waals surface area (Å²) in [6.45, 7) is 3.99. The second kappa shape index (κ2) is 8.76. The molecule has 3 aromatic rings. The number of hydrogen-bond acceptors (Lipinski definition) is 6. The number of amides is 2. The highest BCUT2D eigenvalue weighted by Crippen LogP contribution is 2.44. The quantitative estimate of drug-likeness (QED) is 0.507. The standard InChI is InChI=1S/C28H27FN4O4/c1-27(2,26(36)33-12-10-28(16-33)20-9-11-30-15-19(20)25(35)37-28)21-7-5-17(13-22(21)29)18-6-8-23(31-14-18)24(34)32(3)4/h5-9,11,13-15H,10,12,16H2,1-4H3/t28-/m0/s1. The van der Waals surface area contributed by atoms with E-state index >= 15 is 4.39 Å². The molecule has 1 aromatic carbocycles. The molecule has 4 heterocycles. The first kappa shape index (κ1) is 24.5. The lowest BCUT2D eigenvalue weighted by molar-refractivity contribution is -0.136. The maximum atomic E-state index is 15.4. The molecule has 2 aromatic heterocycles. The Morgan fingerprint density at radius 2 is 1.86 bits per heavy atom. The summed E-state index contributed by atoms with van der Waals surface area (Å²) in [7, 11) is 3.29. The Hall–Kier alpha value is -4.14. The molecule has 0 radical (unpaired) electrons. The van der Waals surface area contributed by atoms with Crippen molar-refractivity contribution in [3.8, 4) is 11.1 Å². The van der Waals surface area contributed by atoms with Crippen molar-refractivity contribution >= 4 is 17.8 Å². The van der Waals surface area contributed by atoms with Crippen LogP contribution in [0.4, 0.5) is 4.39 Å². The summed E-state index contributed by atoms with van der Waals surface area (Å²) in [5.41, 5.74) is 0.922. The Bertz CT molecular complexity index is 1420. The number of benzene rings is 1. The van der Waals surface area contributed by atoms with Crippen LogP contribution in [0.15, 0.2) is 55.0 Å². The second-order valence-corrected chi connectivity index (χ2v) is 10.2. The summed E-state index contributed by atoms with van der Waals surface area (Å²) in [6, 6.07) is 9.81. The van der Waals surface area contributed by atoms with Gasteiger partial charge in [0.25, 0.3) is 5.91 Å². The van der Waals surface area contributed by atoms with Gasteiger partial charge in [0.1, 0.15) is 11.5 Å². The van der Waals surface area contributed by atoms with Crippen LogP contribution in [0.3, 0.4) is 0 Å². The van der Waals surface area contributed by atoms with Gasteiger partial charge in [-0.3, -0.25) is 19.6 Å². The van der Waals surface area contributed by atoms with Crippen LogP contribution in [0, 0.1) is 5.82 Å². The first-order valence-electron chi connectivity index (χ1n) is 12.0. The van der Waals surface area contributed by atoms with Crippen LogP contribution >= 0.6 is 0 Å². The largest absolute Gasteiger partial charge is 0.449 e. The zero-order chi connectivity index (χ0) is 26.5. The molecule has 0 N–H and O–H groups in total. The van der Waals surface area contributed by atoms with Gasteiger partial charge in [-0.2, -0.15) is 0 Å². The normalized spacial score (nSPS) is 18.6. The molecule has 1 spiro atoms. The van der Waals surface area contributed by atoms with E-state index in [9.17, 15) is 14.4 Å². The molecule has 0 bridgehead atoms. The lowest BCUT2D eigenvalue weighted by Crippen LogP contribution is -2.44. The van der Waals surface area contributed by atoms with Crippen molar-refractivity contribution in [2.75, 3.05) is 27.2 Å². The van der Waals surface area contributed by atoms with Gasteiger partial charge < -0.3 is 14.5 Å². The first-order chi connectivity index (χ1) is 17.5. The molecular formula is C28H27FN4O4. The monoisotopic (exact) mass is 502 g/mol. The molecule has 0 unspecified atom stereocenters. The van der Waals surface area contributed by atoms with Crippen LogP contribution < -0.4 is 0 Å². The van der Waals surface area contributed by atoms with E-state index in [-0.39, 0.29) is 23.9 Å². The van der Waals surface area contributed by atoms with E-state index in [0.29, 0.717) is 35.3 Å². The van der Waals surface area contributed by atoms with Crippen molar-refractivity contribution in [3.63, 3.8) is 0 Å². The van der Waals surface area contributed by atoms with Gasteiger partial charge in [0, 0.05) is 62.3 Å². The molecule has 2 aliphatic rings. The number of hydrogen-bond donors (Lipinski definition) is 0. The van der Waals surface area contributed by atoms with Gasteiger partial charge in [-0.15, -0.1) is 0 Å². The lowest BCUT2D eigenvalue weighted by Gasteiger charge is -2.31. The molecule has 2 aliphatic heterocycles. The highest BCUT2D eigenvalue weighted by molar-refractivity contribution is 5.95. The van der Waals surface area contributed by atoms with Gasteiger partial charge in [0.15, 0.2) is 5.60 Å². The maximum Gasteiger partial charge on any atom is 0.341 e. The number of halogens is 1. The molecule has 1 fully saturated rings. The summed E-state index contributed by atoms with van der Waals surface area (Å²) < 4.78 is 21.1. The molecule has 9 heteroatoms. The fraction of sp³-hybridized carbons (Fsp3) is 0.321. The lowest BCUT2D eigenvalue weighted by atomic mass is 9.82. The van der Waals surface area contributed by atoms with Gasteiger partial charge in [-0.05, 0) is 37.6 Å². The number of fused-ring (bicyclic) bond motifs is 2. The molecule has 1 saturated heterocycles.